The van der Waals surface area contributed by atoms with Gasteiger partial charge in [0, 0.05) is 18.7 Å². The first kappa shape index (κ1) is 23.0. The standard InChI is InChI=1S/C23H19ClF4N4O/c24-18-8-5-16(23(26,27)28)12-20(18)29-22(33)15-2-1-11-32(13-15)21-10-9-19(30-31-21)14-3-6-17(25)7-4-14/h3-10,12,15H,1-2,11,13H2,(H,29,33). The number of alkyl halides is 3. The van der Waals surface area contributed by atoms with Gasteiger partial charge in [0.05, 0.1) is 27.9 Å². The number of anilines is 2. The maximum atomic E-state index is 13.1. The summed E-state index contributed by atoms with van der Waals surface area (Å²) in [7, 11) is 0. The Hall–Kier alpha value is -3.20. The molecule has 172 valence electrons. The molecule has 1 unspecified atom stereocenters. The summed E-state index contributed by atoms with van der Waals surface area (Å²) in [5.74, 6) is -0.623. The van der Waals surface area contributed by atoms with E-state index in [0.717, 1.165) is 23.8 Å². The second kappa shape index (κ2) is 9.35. The van der Waals surface area contributed by atoms with Gasteiger partial charge in [-0.15, -0.1) is 10.2 Å². The van der Waals surface area contributed by atoms with Gasteiger partial charge in [0.25, 0.3) is 0 Å². The van der Waals surface area contributed by atoms with Crippen LogP contribution in [-0.4, -0.2) is 29.2 Å². The van der Waals surface area contributed by atoms with Crippen molar-refractivity contribution in [1.29, 1.82) is 0 Å². The van der Waals surface area contributed by atoms with Gasteiger partial charge >= 0.3 is 6.18 Å². The van der Waals surface area contributed by atoms with Gasteiger partial charge in [-0.1, -0.05) is 11.6 Å². The topological polar surface area (TPSA) is 58.1 Å². The molecule has 4 rings (SSSR count). The lowest BCUT2D eigenvalue weighted by atomic mass is 9.97. The smallest absolute Gasteiger partial charge is 0.354 e. The fourth-order valence-corrected chi connectivity index (χ4v) is 3.86. The van der Waals surface area contributed by atoms with Crippen LogP contribution in [-0.2, 0) is 11.0 Å². The van der Waals surface area contributed by atoms with Crippen LogP contribution >= 0.6 is 11.6 Å². The van der Waals surface area contributed by atoms with Crippen LogP contribution < -0.4 is 10.2 Å². The number of benzene rings is 2. The summed E-state index contributed by atoms with van der Waals surface area (Å²) in [5.41, 5.74) is 0.356. The Morgan fingerprint density at radius 1 is 1.06 bits per heavy atom. The molecule has 3 aromatic rings. The minimum absolute atomic E-state index is 0.0336. The van der Waals surface area contributed by atoms with E-state index in [-0.39, 0.29) is 16.5 Å². The molecule has 1 aliphatic heterocycles. The maximum absolute atomic E-state index is 13.1. The minimum Gasteiger partial charge on any atom is -0.354 e. The normalized spacial score (nSPS) is 16.5. The van der Waals surface area contributed by atoms with Crippen molar-refractivity contribution in [2.75, 3.05) is 23.3 Å². The zero-order valence-corrected chi connectivity index (χ0v) is 18.0. The number of piperidine rings is 1. The molecule has 33 heavy (non-hydrogen) atoms. The largest absolute Gasteiger partial charge is 0.416 e. The minimum atomic E-state index is -4.54. The Balaban J connectivity index is 1.44. The van der Waals surface area contributed by atoms with Crippen LogP contribution in [0.1, 0.15) is 18.4 Å². The van der Waals surface area contributed by atoms with Crippen LogP contribution in [0.25, 0.3) is 11.3 Å². The lowest BCUT2D eigenvalue weighted by Gasteiger charge is -2.32. The van der Waals surface area contributed by atoms with Crippen molar-refractivity contribution in [3.63, 3.8) is 0 Å². The van der Waals surface area contributed by atoms with Gasteiger partial charge < -0.3 is 10.2 Å². The first-order valence-corrected chi connectivity index (χ1v) is 10.6. The number of amides is 1. The molecule has 0 radical (unpaired) electrons. The second-order valence-electron chi connectivity index (χ2n) is 7.75. The molecular formula is C23H19ClF4N4O. The van der Waals surface area contributed by atoms with Gasteiger partial charge in [-0.05, 0) is 67.4 Å². The molecule has 1 N–H and O–H groups in total. The summed E-state index contributed by atoms with van der Waals surface area (Å²) in [6, 6.07) is 12.3. The van der Waals surface area contributed by atoms with Crippen molar-refractivity contribution < 1.29 is 22.4 Å². The van der Waals surface area contributed by atoms with Gasteiger partial charge in [0.1, 0.15) is 5.82 Å². The van der Waals surface area contributed by atoms with E-state index < -0.39 is 23.6 Å². The zero-order chi connectivity index (χ0) is 23.6. The highest BCUT2D eigenvalue weighted by Crippen LogP contribution is 2.34. The highest BCUT2D eigenvalue weighted by molar-refractivity contribution is 6.33. The van der Waals surface area contributed by atoms with Crippen LogP contribution in [0, 0.1) is 11.7 Å². The van der Waals surface area contributed by atoms with E-state index in [4.69, 9.17) is 11.6 Å². The molecule has 1 aliphatic rings. The molecule has 1 aromatic heterocycles. The predicted octanol–water partition coefficient (Wildman–Crippen LogP) is 5.81. The van der Waals surface area contributed by atoms with E-state index in [0.29, 0.717) is 37.4 Å². The van der Waals surface area contributed by atoms with E-state index in [1.54, 1.807) is 24.3 Å². The van der Waals surface area contributed by atoms with Crippen molar-refractivity contribution in [3.05, 3.63) is 71.0 Å². The van der Waals surface area contributed by atoms with Crippen molar-refractivity contribution >= 4 is 29.0 Å². The molecule has 0 saturated carbocycles. The number of hydrogen-bond donors (Lipinski definition) is 1. The molecule has 1 saturated heterocycles. The van der Waals surface area contributed by atoms with Crippen molar-refractivity contribution in [1.82, 2.24) is 10.2 Å². The lowest BCUT2D eigenvalue weighted by molar-refractivity contribution is -0.137. The molecule has 1 fully saturated rings. The fourth-order valence-electron chi connectivity index (χ4n) is 3.70. The van der Waals surface area contributed by atoms with Gasteiger partial charge in [-0.3, -0.25) is 4.79 Å². The SMILES string of the molecule is O=C(Nc1cc(C(F)(F)F)ccc1Cl)C1CCCN(c2ccc(-c3ccc(F)cc3)nn2)C1. The third-order valence-electron chi connectivity index (χ3n) is 5.46. The number of carbonyl (C=O) groups is 1. The first-order chi connectivity index (χ1) is 15.7. The number of nitrogens with zero attached hydrogens (tertiary/aromatic N) is 3. The molecule has 0 spiro atoms. The van der Waals surface area contributed by atoms with Gasteiger partial charge in [0.15, 0.2) is 5.82 Å². The summed E-state index contributed by atoms with van der Waals surface area (Å²) in [5, 5.41) is 11.0. The molecule has 0 aliphatic carbocycles. The third-order valence-corrected chi connectivity index (χ3v) is 5.79. The third kappa shape index (κ3) is 5.42. The van der Waals surface area contributed by atoms with Crippen LogP contribution in [0.3, 0.4) is 0 Å². The Labute approximate surface area is 192 Å². The van der Waals surface area contributed by atoms with Crippen LogP contribution in [0.15, 0.2) is 54.6 Å². The quantitative estimate of drug-likeness (QED) is 0.481. The van der Waals surface area contributed by atoms with E-state index >= 15 is 0 Å². The van der Waals surface area contributed by atoms with Crippen molar-refractivity contribution in [3.8, 4) is 11.3 Å². The molecule has 1 amide bonds. The molecule has 10 heteroatoms. The van der Waals surface area contributed by atoms with Gasteiger partial charge in [0.2, 0.25) is 5.91 Å². The Kier molecular flexibility index (Phi) is 6.51. The van der Waals surface area contributed by atoms with E-state index in [9.17, 15) is 22.4 Å². The molecular weight excluding hydrogens is 460 g/mol. The first-order valence-electron chi connectivity index (χ1n) is 10.2. The van der Waals surface area contributed by atoms with Gasteiger partial charge in [-0.25, -0.2) is 4.39 Å². The van der Waals surface area contributed by atoms with Crippen LogP contribution in [0.2, 0.25) is 5.02 Å². The van der Waals surface area contributed by atoms with Gasteiger partial charge in [-0.2, -0.15) is 13.2 Å². The molecule has 5 nitrogen and oxygen atoms in total. The summed E-state index contributed by atoms with van der Waals surface area (Å²) < 4.78 is 52.1. The average Bonchev–Trinajstić information content (AvgIpc) is 2.80. The molecule has 2 heterocycles. The number of halogens is 5. The Morgan fingerprint density at radius 3 is 2.48 bits per heavy atom. The van der Waals surface area contributed by atoms with Crippen LogP contribution in [0.4, 0.5) is 29.1 Å². The number of carbonyl (C=O) groups excluding carboxylic acids is 1. The summed E-state index contributed by atoms with van der Waals surface area (Å²) >= 11 is 6.00. The molecule has 1 atom stereocenters. The van der Waals surface area contributed by atoms with Crippen molar-refractivity contribution in [2.24, 2.45) is 5.92 Å². The summed E-state index contributed by atoms with van der Waals surface area (Å²) in [6.07, 6.45) is -3.25. The number of hydrogen-bond acceptors (Lipinski definition) is 4. The average molecular weight is 479 g/mol. The number of nitrogens with one attached hydrogen (secondary N) is 1. The predicted molar refractivity (Wildman–Crippen MR) is 117 cm³/mol. The van der Waals surface area contributed by atoms with E-state index in [2.05, 4.69) is 15.5 Å². The van der Waals surface area contributed by atoms with E-state index in [1.807, 2.05) is 4.90 Å². The zero-order valence-electron chi connectivity index (χ0n) is 17.2. The van der Waals surface area contributed by atoms with E-state index in [1.165, 1.54) is 12.1 Å². The summed E-state index contributed by atoms with van der Waals surface area (Å²) in [6.45, 7) is 1.01. The Morgan fingerprint density at radius 2 is 1.82 bits per heavy atom. The maximum Gasteiger partial charge on any atom is 0.416 e. The number of rotatable bonds is 4. The van der Waals surface area contributed by atoms with Crippen LogP contribution in [0.5, 0.6) is 0 Å². The monoisotopic (exact) mass is 478 g/mol. The molecule has 2 aromatic carbocycles. The second-order valence-corrected chi connectivity index (χ2v) is 8.16. The number of aromatic nitrogens is 2. The highest BCUT2D eigenvalue weighted by atomic mass is 35.5. The lowest BCUT2D eigenvalue weighted by Crippen LogP contribution is -2.41. The van der Waals surface area contributed by atoms with Crippen molar-refractivity contribution in [2.45, 2.75) is 19.0 Å². The fraction of sp³-hybridized carbons (Fsp3) is 0.261. The Bertz CT molecular complexity index is 1140. The summed E-state index contributed by atoms with van der Waals surface area (Å²) in [4.78, 5) is 14.7. The molecule has 0 bridgehead atoms. The highest BCUT2D eigenvalue weighted by Gasteiger charge is 2.32.